The molecule has 1 aliphatic rings. The number of hydrogen-bond acceptors (Lipinski definition) is 4. The summed E-state index contributed by atoms with van der Waals surface area (Å²) in [7, 11) is 0. The summed E-state index contributed by atoms with van der Waals surface area (Å²) in [5.74, 6) is 0.362. The van der Waals surface area contributed by atoms with Gasteiger partial charge in [-0.3, -0.25) is 4.79 Å². The van der Waals surface area contributed by atoms with Crippen molar-refractivity contribution in [2.75, 3.05) is 5.75 Å². The number of carbonyl (C=O) groups excluding carboxylic acids is 1. The summed E-state index contributed by atoms with van der Waals surface area (Å²) < 4.78 is 0. The summed E-state index contributed by atoms with van der Waals surface area (Å²) in [4.78, 5) is 28.8. The Hall–Kier alpha value is -1.30. The van der Waals surface area contributed by atoms with Crippen LogP contribution in [-0.4, -0.2) is 27.7 Å². The van der Waals surface area contributed by atoms with Crippen molar-refractivity contribution in [1.29, 1.82) is 0 Å². The highest BCUT2D eigenvalue weighted by atomic mass is 32.2. The number of nitrogens with zero attached hydrogens (tertiary/aromatic N) is 1. The minimum atomic E-state index is -0.382. The van der Waals surface area contributed by atoms with Gasteiger partial charge >= 0.3 is 5.69 Å². The van der Waals surface area contributed by atoms with Crippen molar-refractivity contribution < 1.29 is 4.79 Å². The molecule has 5 nitrogen and oxygen atoms in total. The molecule has 0 saturated heterocycles. The number of carbonyl (C=O) groups is 1. The first-order chi connectivity index (χ1) is 8.74. The minimum absolute atomic E-state index is 0.0320. The number of amides is 1. The Kier molecular flexibility index (Phi) is 4.81. The van der Waals surface area contributed by atoms with E-state index in [4.69, 9.17) is 0 Å². The molecule has 98 valence electrons. The third-order valence-corrected chi connectivity index (χ3v) is 3.93. The molecule has 0 radical (unpaired) electrons. The van der Waals surface area contributed by atoms with E-state index in [1.54, 1.807) is 6.07 Å². The Bertz CT molecular complexity index is 455. The molecule has 1 saturated carbocycles. The van der Waals surface area contributed by atoms with E-state index < -0.39 is 0 Å². The van der Waals surface area contributed by atoms with Gasteiger partial charge in [0.05, 0.1) is 10.8 Å². The third kappa shape index (κ3) is 4.18. The number of rotatable bonds is 4. The zero-order valence-electron chi connectivity index (χ0n) is 10.1. The van der Waals surface area contributed by atoms with Crippen LogP contribution in [0.3, 0.4) is 0 Å². The van der Waals surface area contributed by atoms with E-state index in [2.05, 4.69) is 15.3 Å². The zero-order valence-corrected chi connectivity index (χ0v) is 11.0. The molecule has 0 unspecified atom stereocenters. The van der Waals surface area contributed by atoms with Crippen molar-refractivity contribution in [2.24, 2.45) is 0 Å². The number of aromatic nitrogens is 2. The molecule has 0 atom stereocenters. The Morgan fingerprint density at radius 1 is 1.44 bits per heavy atom. The van der Waals surface area contributed by atoms with E-state index in [0.29, 0.717) is 16.8 Å². The highest BCUT2D eigenvalue weighted by Crippen LogP contribution is 2.18. The van der Waals surface area contributed by atoms with Crippen molar-refractivity contribution in [3.8, 4) is 0 Å². The molecule has 1 aliphatic carbocycles. The van der Waals surface area contributed by atoms with Gasteiger partial charge in [-0.05, 0) is 18.9 Å². The molecule has 0 aliphatic heterocycles. The standard InChI is InChI=1S/C12H17N3O2S/c16-10(14-9-4-2-1-3-5-9)8-18-11-6-7-13-12(17)15-11/h6-7,9H,1-5,8H2,(H,14,16)(H,13,15,17). The molecular weight excluding hydrogens is 250 g/mol. The quantitative estimate of drug-likeness (QED) is 0.637. The fraction of sp³-hybridized carbons (Fsp3) is 0.583. The maximum absolute atomic E-state index is 11.7. The maximum Gasteiger partial charge on any atom is 0.345 e. The number of thioether (sulfide) groups is 1. The first kappa shape index (κ1) is 13.1. The van der Waals surface area contributed by atoms with Crippen LogP contribution in [-0.2, 0) is 4.79 Å². The largest absolute Gasteiger partial charge is 0.353 e. The number of nitrogens with one attached hydrogen (secondary N) is 2. The van der Waals surface area contributed by atoms with Crippen molar-refractivity contribution in [3.05, 3.63) is 22.7 Å². The van der Waals surface area contributed by atoms with E-state index in [1.807, 2.05) is 0 Å². The maximum atomic E-state index is 11.7. The number of H-pyrrole nitrogens is 1. The number of hydrogen-bond donors (Lipinski definition) is 2. The first-order valence-corrected chi connectivity index (χ1v) is 7.20. The molecule has 1 fully saturated rings. The SMILES string of the molecule is O=C(CSc1ccnc(=O)[nH]1)NC1CCCCC1. The Balaban J connectivity index is 1.76. The second-order valence-electron chi connectivity index (χ2n) is 4.43. The van der Waals surface area contributed by atoms with Crippen LogP contribution in [0.2, 0.25) is 0 Å². The summed E-state index contributed by atoms with van der Waals surface area (Å²) >= 11 is 1.32. The van der Waals surface area contributed by atoms with Gasteiger partial charge in [0, 0.05) is 12.2 Å². The molecule has 1 aromatic heterocycles. The summed E-state index contributed by atoms with van der Waals surface area (Å²) in [6.45, 7) is 0. The Labute approximate surface area is 110 Å². The topological polar surface area (TPSA) is 74.8 Å². The van der Waals surface area contributed by atoms with Crippen LogP contribution in [0.4, 0.5) is 0 Å². The van der Waals surface area contributed by atoms with Crippen LogP contribution >= 0.6 is 11.8 Å². The van der Waals surface area contributed by atoms with E-state index >= 15 is 0 Å². The molecule has 1 heterocycles. The smallest absolute Gasteiger partial charge is 0.345 e. The van der Waals surface area contributed by atoms with Gasteiger partial charge in [-0.2, -0.15) is 0 Å². The van der Waals surface area contributed by atoms with Gasteiger partial charge in [0.15, 0.2) is 0 Å². The molecule has 1 amide bonds. The van der Waals surface area contributed by atoms with Crippen molar-refractivity contribution in [1.82, 2.24) is 15.3 Å². The Morgan fingerprint density at radius 2 is 2.22 bits per heavy atom. The van der Waals surface area contributed by atoms with Gasteiger partial charge in [-0.25, -0.2) is 9.78 Å². The monoisotopic (exact) mass is 267 g/mol. The lowest BCUT2D eigenvalue weighted by Gasteiger charge is -2.22. The van der Waals surface area contributed by atoms with E-state index in [0.717, 1.165) is 12.8 Å². The van der Waals surface area contributed by atoms with Crippen LogP contribution in [0.15, 0.2) is 22.1 Å². The van der Waals surface area contributed by atoms with Crippen LogP contribution in [0, 0.1) is 0 Å². The van der Waals surface area contributed by atoms with Gasteiger partial charge in [0.25, 0.3) is 0 Å². The lowest BCUT2D eigenvalue weighted by Crippen LogP contribution is -2.37. The molecule has 2 rings (SSSR count). The summed E-state index contributed by atoms with van der Waals surface area (Å²) in [5.41, 5.74) is -0.382. The highest BCUT2D eigenvalue weighted by molar-refractivity contribution is 7.99. The van der Waals surface area contributed by atoms with Gasteiger partial charge in [-0.1, -0.05) is 31.0 Å². The molecule has 0 spiro atoms. The van der Waals surface area contributed by atoms with Gasteiger partial charge < -0.3 is 10.3 Å². The molecule has 1 aromatic rings. The molecule has 18 heavy (non-hydrogen) atoms. The molecule has 6 heteroatoms. The van der Waals surface area contributed by atoms with Crippen molar-refractivity contribution in [2.45, 2.75) is 43.2 Å². The van der Waals surface area contributed by atoms with Crippen LogP contribution < -0.4 is 11.0 Å². The zero-order chi connectivity index (χ0) is 12.8. The van der Waals surface area contributed by atoms with E-state index in [9.17, 15) is 9.59 Å². The van der Waals surface area contributed by atoms with Gasteiger partial charge in [0.1, 0.15) is 0 Å². The lowest BCUT2D eigenvalue weighted by molar-refractivity contribution is -0.119. The van der Waals surface area contributed by atoms with Crippen molar-refractivity contribution >= 4 is 17.7 Å². The van der Waals surface area contributed by atoms with E-state index in [-0.39, 0.29) is 11.6 Å². The summed E-state index contributed by atoms with van der Waals surface area (Å²) in [6, 6.07) is 2.03. The normalized spacial score (nSPS) is 16.4. The Morgan fingerprint density at radius 3 is 2.94 bits per heavy atom. The van der Waals surface area contributed by atoms with E-state index in [1.165, 1.54) is 37.2 Å². The average molecular weight is 267 g/mol. The molecule has 0 aromatic carbocycles. The molecule has 2 N–H and O–H groups in total. The molecule has 0 bridgehead atoms. The number of aromatic amines is 1. The summed E-state index contributed by atoms with van der Waals surface area (Å²) in [6.07, 6.45) is 7.30. The minimum Gasteiger partial charge on any atom is -0.353 e. The second-order valence-corrected chi connectivity index (χ2v) is 5.45. The predicted molar refractivity (Wildman–Crippen MR) is 70.6 cm³/mol. The lowest BCUT2D eigenvalue weighted by atomic mass is 9.95. The van der Waals surface area contributed by atoms with Crippen LogP contribution in [0.25, 0.3) is 0 Å². The summed E-state index contributed by atoms with van der Waals surface area (Å²) in [5, 5.41) is 3.71. The van der Waals surface area contributed by atoms with Crippen LogP contribution in [0.1, 0.15) is 32.1 Å². The first-order valence-electron chi connectivity index (χ1n) is 6.21. The fourth-order valence-electron chi connectivity index (χ4n) is 2.10. The van der Waals surface area contributed by atoms with Gasteiger partial charge in [0.2, 0.25) is 5.91 Å². The van der Waals surface area contributed by atoms with Crippen molar-refractivity contribution in [3.63, 3.8) is 0 Å². The second kappa shape index (κ2) is 6.58. The van der Waals surface area contributed by atoms with Crippen LogP contribution in [0.5, 0.6) is 0 Å². The van der Waals surface area contributed by atoms with Gasteiger partial charge in [-0.15, -0.1) is 0 Å². The molecular formula is C12H17N3O2S. The third-order valence-electron chi connectivity index (χ3n) is 2.98. The predicted octanol–water partition coefficient (Wildman–Crippen LogP) is 1.31. The average Bonchev–Trinajstić information content (AvgIpc) is 2.38. The fourth-order valence-corrected chi connectivity index (χ4v) is 2.78. The highest BCUT2D eigenvalue weighted by Gasteiger charge is 2.15.